The molecule has 1 aliphatic heterocycles. The number of nitrogens with zero attached hydrogens (tertiary/aromatic N) is 3. The number of fused-ring (bicyclic) bond motifs is 6. The van der Waals surface area contributed by atoms with Crippen molar-refractivity contribution in [3.05, 3.63) is 92.9 Å². The largest absolute Gasteiger partial charge is 0.390 e. The Labute approximate surface area is 281 Å². The predicted octanol–water partition coefficient (Wildman–Crippen LogP) is 8.42. The highest BCUT2D eigenvalue weighted by molar-refractivity contribution is 6.34. The lowest BCUT2D eigenvalue weighted by atomic mass is 10.1. The number of halogens is 4. The van der Waals surface area contributed by atoms with E-state index in [1.165, 1.54) is 0 Å². The molecule has 3 atom stereocenters. The molecule has 4 aromatic carbocycles. The Balaban J connectivity index is 1.14. The summed E-state index contributed by atoms with van der Waals surface area (Å²) >= 11 is 25.4. The molecule has 3 heterocycles. The number of ether oxygens (including phenoxy) is 1. The first-order valence-electron chi connectivity index (χ1n) is 15.2. The number of rotatable bonds is 10. The average Bonchev–Trinajstić information content (AvgIpc) is 3.69. The summed E-state index contributed by atoms with van der Waals surface area (Å²) in [5.74, 6) is 0. The SMILES string of the molecule is O[C@H](CN(C[C@@H](O)Cn1c2ccc(Cl)cc2c2cc(Cl)ccc21)C[C@@H]1CCCO1)Cn1c2ccc(Cl)cc2c2cc(Cl)ccc21. The lowest BCUT2D eigenvalue weighted by Crippen LogP contribution is -2.44. The highest BCUT2D eigenvalue weighted by atomic mass is 35.5. The van der Waals surface area contributed by atoms with E-state index in [1.807, 2.05) is 72.8 Å². The first-order valence-corrected chi connectivity index (χ1v) is 16.7. The van der Waals surface area contributed by atoms with Crippen molar-refractivity contribution in [2.24, 2.45) is 0 Å². The van der Waals surface area contributed by atoms with Crippen molar-refractivity contribution >= 4 is 90.0 Å². The third-order valence-electron chi connectivity index (χ3n) is 8.79. The van der Waals surface area contributed by atoms with Crippen LogP contribution in [0.2, 0.25) is 20.1 Å². The molecule has 0 radical (unpaired) electrons. The normalized spacial score (nSPS) is 17.0. The van der Waals surface area contributed by atoms with Gasteiger partial charge < -0.3 is 24.1 Å². The van der Waals surface area contributed by atoms with Crippen LogP contribution in [0.15, 0.2) is 72.8 Å². The summed E-state index contributed by atoms with van der Waals surface area (Å²) in [4.78, 5) is 2.13. The summed E-state index contributed by atoms with van der Waals surface area (Å²) in [5, 5.41) is 29.6. The van der Waals surface area contributed by atoms with Crippen molar-refractivity contribution in [1.82, 2.24) is 14.0 Å². The van der Waals surface area contributed by atoms with Crippen LogP contribution in [0.4, 0.5) is 0 Å². The van der Waals surface area contributed by atoms with E-state index in [0.29, 0.717) is 52.8 Å². The Morgan fingerprint density at radius 1 is 0.644 bits per heavy atom. The fraction of sp³-hybridized carbons (Fsp3) is 0.314. The van der Waals surface area contributed by atoms with Gasteiger partial charge in [0.25, 0.3) is 0 Å². The molecule has 2 aromatic heterocycles. The molecule has 0 saturated carbocycles. The molecule has 7 rings (SSSR count). The van der Waals surface area contributed by atoms with Gasteiger partial charge in [-0.1, -0.05) is 46.4 Å². The van der Waals surface area contributed by atoms with Crippen LogP contribution < -0.4 is 0 Å². The lowest BCUT2D eigenvalue weighted by Gasteiger charge is -2.30. The standard InChI is InChI=1S/C35H33Cl4N3O3/c36-21-3-7-32-28(12-21)29-13-22(37)4-8-33(29)41(32)18-25(43)16-40(20-27-2-1-11-45-27)17-26(44)19-42-34-9-5-23(38)14-30(34)31-15-24(39)6-10-35(31)42/h3-10,12-15,25-27,43-44H,1-2,11,16-20H2/t25-,26-,27+/m1/s1. The molecule has 0 unspecified atom stereocenters. The third kappa shape index (κ3) is 6.40. The zero-order chi connectivity index (χ0) is 31.2. The zero-order valence-electron chi connectivity index (χ0n) is 24.5. The van der Waals surface area contributed by atoms with Crippen LogP contribution >= 0.6 is 46.4 Å². The van der Waals surface area contributed by atoms with E-state index in [-0.39, 0.29) is 6.10 Å². The van der Waals surface area contributed by atoms with Gasteiger partial charge in [0.1, 0.15) is 0 Å². The van der Waals surface area contributed by atoms with Crippen LogP contribution in [-0.2, 0) is 17.8 Å². The number of aliphatic hydroxyl groups excluding tert-OH is 2. The minimum Gasteiger partial charge on any atom is -0.390 e. The molecule has 0 spiro atoms. The Kier molecular flexibility index (Phi) is 8.94. The van der Waals surface area contributed by atoms with E-state index in [4.69, 9.17) is 51.1 Å². The summed E-state index contributed by atoms with van der Waals surface area (Å²) < 4.78 is 10.2. The van der Waals surface area contributed by atoms with Gasteiger partial charge in [0.05, 0.1) is 31.4 Å². The van der Waals surface area contributed by atoms with E-state index in [1.54, 1.807) is 0 Å². The van der Waals surface area contributed by atoms with Gasteiger partial charge in [-0.15, -0.1) is 0 Å². The molecule has 234 valence electrons. The van der Waals surface area contributed by atoms with E-state index < -0.39 is 12.2 Å². The fourth-order valence-corrected chi connectivity index (χ4v) is 7.61. The Bertz CT molecular complexity index is 1760. The van der Waals surface area contributed by atoms with Crippen LogP contribution in [0, 0.1) is 0 Å². The minimum atomic E-state index is -0.707. The smallest absolute Gasteiger partial charge is 0.0846 e. The summed E-state index contributed by atoms with van der Waals surface area (Å²) in [7, 11) is 0. The Morgan fingerprint density at radius 3 is 1.36 bits per heavy atom. The maximum absolute atomic E-state index is 11.5. The van der Waals surface area contributed by atoms with Crippen molar-refractivity contribution in [3.8, 4) is 0 Å². The highest BCUT2D eigenvalue weighted by Gasteiger charge is 2.25. The van der Waals surface area contributed by atoms with Gasteiger partial charge >= 0.3 is 0 Å². The molecule has 1 aliphatic rings. The topological polar surface area (TPSA) is 62.8 Å². The second kappa shape index (κ2) is 12.9. The van der Waals surface area contributed by atoms with E-state index >= 15 is 0 Å². The third-order valence-corrected chi connectivity index (χ3v) is 9.73. The minimum absolute atomic E-state index is 0.0689. The molecular formula is C35H33Cl4N3O3. The van der Waals surface area contributed by atoms with Gasteiger partial charge in [-0.2, -0.15) is 0 Å². The molecule has 6 aromatic rings. The first-order chi connectivity index (χ1) is 21.7. The average molecular weight is 685 g/mol. The number of aliphatic hydroxyl groups is 2. The number of benzene rings is 4. The van der Waals surface area contributed by atoms with Crippen LogP contribution in [0.3, 0.4) is 0 Å². The van der Waals surface area contributed by atoms with Crippen molar-refractivity contribution in [2.75, 3.05) is 26.2 Å². The van der Waals surface area contributed by atoms with Gasteiger partial charge in [-0.3, -0.25) is 4.90 Å². The van der Waals surface area contributed by atoms with Crippen LogP contribution in [0.1, 0.15) is 12.8 Å². The number of hydrogen-bond acceptors (Lipinski definition) is 4. The molecular weight excluding hydrogens is 652 g/mol. The molecule has 0 aliphatic carbocycles. The molecule has 2 N–H and O–H groups in total. The molecule has 0 bridgehead atoms. The van der Waals surface area contributed by atoms with Crippen LogP contribution in [0.5, 0.6) is 0 Å². The van der Waals surface area contributed by atoms with Crippen LogP contribution in [-0.4, -0.2) is 68.8 Å². The molecule has 0 amide bonds. The van der Waals surface area contributed by atoms with Gasteiger partial charge in [-0.25, -0.2) is 0 Å². The quantitative estimate of drug-likeness (QED) is 0.152. The van der Waals surface area contributed by atoms with Gasteiger partial charge in [0.15, 0.2) is 0 Å². The van der Waals surface area contributed by atoms with Gasteiger partial charge in [0, 0.05) is 89.9 Å². The summed E-state index contributed by atoms with van der Waals surface area (Å²) in [6, 6.07) is 23.2. The van der Waals surface area contributed by atoms with Crippen molar-refractivity contribution in [2.45, 2.75) is 44.2 Å². The van der Waals surface area contributed by atoms with Crippen molar-refractivity contribution < 1.29 is 14.9 Å². The van der Waals surface area contributed by atoms with Gasteiger partial charge in [0.2, 0.25) is 0 Å². The van der Waals surface area contributed by atoms with Gasteiger partial charge in [-0.05, 0) is 85.6 Å². The maximum atomic E-state index is 11.5. The molecule has 6 nitrogen and oxygen atoms in total. The number of hydrogen-bond donors (Lipinski definition) is 2. The molecule has 10 heteroatoms. The second-order valence-corrected chi connectivity index (χ2v) is 13.8. The Hall–Kier alpha value is -2.52. The second-order valence-electron chi connectivity index (χ2n) is 12.0. The fourth-order valence-electron chi connectivity index (χ4n) is 6.92. The molecule has 45 heavy (non-hydrogen) atoms. The molecule has 1 saturated heterocycles. The number of aromatic nitrogens is 2. The summed E-state index contributed by atoms with van der Waals surface area (Å²) in [6.07, 6.45) is 0.635. The molecule has 1 fully saturated rings. The van der Waals surface area contributed by atoms with Crippen molar-refractivity contribution in [1.29, 1.82) is 0 Å². The van der Waals surface area contributed by atoms with Crippen LogP contribution in [0.25, 0.3) is 43.6 Å². The first kappa shape index (κ1) is 31.1. The monoisotopic (exact) mass is 683 g/mol. The highest BCUT2D eigenvalue weighted by Crippen LogP contribution is 2.34. The zero-order valence-corrected chi connectivity index (χ0v) is 27.5. The van der Waals surface area contributed by atoms with E-state index in [2.05, 4.69) is 14.0 Å². The van der Waals surface area contributed by atoms with E-state index in [0.717, 1.165) is 63.1 Å². The maximum Gasteiger partial charge on any atom is 0.0846 e. The Morgan fingerprint density at radius 2 is 1.02 bits per heavy atom. The van der Waals surface area contributed by atoms with Crippen molar-refractivity contribution in [3.63, 3.8) is 0 Å². The summed E-state index contributed by atoms with van der Waals surface area (Å²) in [5.41, 5.74) is 3.92. The summed E-state index contributed by atoms with van der Waals surface area (Å²) in [6.45, 7) is 2.86. The van der Waals surface area contributed by atoms with E-state index in [9.17, 15) is 10.2 Å². The predicted molar refractivity (Wildman–Crippen MR) is 186 cm³/mol. The lowest BCUT2D eigenvalue weighted by molar-refractivity contribution is 0.0206.